The summed E-state index contributed by atoms with van der Waals surface area (Å²) >= 11 is 0. The lowest BCUT2D eigenvalue weighted by Gasteiger charge is -2.16. The van der Waals surface area contributed by atoms with Crippen molar-refractivity contribution >= 4 is 7.69 Å². The van der Waals surface area contributed by atoms with Crippen molar-refractivity contribution in [3.05, 3.63) is 0 Å². The van der Waals surface area contributed by atoms with Crippen molar-refractivity contribution in [3.8, 4) is 0 Å². The molecule has 2 atom stereocenters. The Kier molecular flexibility index (Phi) is 3.86. The lowest BCUT2D eigenvalue weighted by atomic mass is 10.2. The summed E-state index contributed by atoms with van der Waals surface area (Å²) in [6, 6.07) is 0. The minimum atomic E-state index is -0.0278. The Labute approximate surface area is 67.1 Å². The van der Waals surface area contributed by atoms with Crippen LogP contribution in [0.15, 0.2) is 0 Å². The topological polar surface area (TPSA) is 36.9 Å². The maximum Gasteiger partial charge on any atom is 0.488 e. The molecule has 1 saturated heterocycles. The first-order valence-electron chi connectivity index (χ1n) is 3.49. The van der Waals surface area contributed by atoms with Gasteiger partial charge in [0.05, 0.1) is 25.4 Å². The van der Waals surface area contributed by atoms with Gasteiger partial charge in [0.1, 0.15) is 0 Å². The quantitative estimate of drug-likeness (QED) is 0.523. The normalized spacial score (nSPS) is 30.4. The predicted molar refractivity (Wildman–Crippen MR) is 39.3 cm³/mol. The molecule has 1 aliphatic heterocycles. The van der Waals surface area contributed by atoms with Gasteiger partial charge in [-0.1, -0.05) is 0 Å². The van der Waals surface area contributed by atoms with Crippen molar-refractivity contribution in [2.75, 3.05) is 27.4 Å². The molecule has 63 valence electrons. The van der Waals surface area contributed by atoms with Gasteiger partial charge in [-0.25, -0.2) is 0 Å². The molecule has 11 heavy (non-hydrogen) atoms. The van der Waals surface area contributed by atoms with Crippen LogP contribution < -0.4 is 0 Å². The monoisotopic (exact) mass is 159 g/mol. The van der Waals surface area contributed by atoms with Gasteiger partial charge in [0, 0.05) is 14.2 Å². The molecule has 0 unspecified atom stereocenters. The first-order valence-corrected chi connectivity index (χ1v) is 3.49. The molecule has 5 heteroatoms. The van der Waals surface area contributed by atoms with E-state index in [2.05, 4.69) is 0 Å². The van der Waals surface area contributed by atoms with Crippen LogP contribution in [0.4, 0.5) is 0 Å². The molecule has 1 heterocycles. The summed E-state index contributed by atoms with van der Waals surface area (Å²) in [5.41, 5.74) is 0. The number of hydrogen-bond acceptors (Lipinski definition) is 4. The van der Waals surface area contributed by atoms with Crippen molar-refractivity contribution in [3.63, 3.8) is 0 Å². The molecule has 1 aliphatic rings. The van der Waals surface area contributed by atoms with E-state index in [1.807, 2.05) is 0 Å². The molecule has 0 aliphatic carbocycles. The largest absolute Gasteiger partial charge is 0.488 e. The van der Waals surface area contributed by atoms with E-state index in [0.717, 1.165) is 0 Å². The van der Waals surface area contributed by atoms with Gasteiger partial charge < -0.3 is 18.8 Å². The van der Waals surface area contributed by atoms with Crippen molar-refractivity contribution in [2.45, 2.75) is 12.2 Å². The molecular formula is C6H12BO4. The fraction of sp³-hybridized carbons (Fsp3) is 1.00. The van der Waals surface area contributed by atoms with Gasteiger partial charge in [0.2, 0.25) is 0 Å². The van der Waals surface area contributed by atoms with E-state index in [9.17, 15) is 0 Å². The lowest BCUT2D eigenvalue weighted by Crippen LogP contribution is -2.30. The van der Waals surface area contributed by atoms with E-state index in [1.165, 1.54) is 7.69 Å². The summed E-state index contributed by atoms with van der Waals surface area (Å²) in [5.74, 6) is 0. The Balaban J connectivity index is 2.25. The predicted octanol–water partition coefficient (Wildman–Crippen LogP) is -0.403. The highest BCUT2D eigenvalue weighted by atomic mass is 16.7. The fourth-order valence-corrected chi connectivity index (χ4v) is 0.972. The summed E-state index contributed by atoms with van der Waals surface area (Å²) in [5, 5.41) is 0. The molecule has 1 rings (SSSR count). The van der Waals surface area contributed by atoms with Crippen LogP contribution in [0.5, 0.6) is 0 Å². The van der Waals surface area contributed by atoms with E-state index in [1.54, 1.807) is 14.2 Å². The third-order valence-electron chi connectivity index (χ3n) is 1.54. The summed E-state index contributed by atoms with van der Waals surface area (Å²) in [6.45, 7) is 1.06. The molecule has 4 nitrogen and oxygen atoms in total. The minimum Gasteiger partial charge on any atom is -0.405 e. The van der Waals surface area contributed by atoms with E-state index >= 15 is 0 Å². The number of ether oxygens (including phenoxy) is 2. The first-order chi connectivity index (χ1) is 5.38. The molecule has 0 aromatic rings. The molecule has 0 bridgehead atoms. The molecule has 0 spiro atoms. The molecule has 0 aromatic heterocycles. The van der Waals surface area contributed by atoms with E-state index < -0.39 is 0 Å². The van der Waals surface area contributed by atoms with Gasteiger partial charge in [-0.3, -0.25) is 0 Å². The Morgan fingerprint density at radius 3 is 1.91 bits per heavy atom. The average Bonchev–Trinajstić information content (AvgIpc) is 2.39. The van der Waals surface area contributed by atoms with Crippen molar-refractivity contribution in [2.24, 2.45) is 0 Å². The van der Waals surface area contributed by atoms with E-state index in [-0.39, 0.29) is 12.2 Å². The first kappa shape index (κ1) is 9.00. The summed E-state index contributed by atoms with van der Waals surface area (Å²) in [7, 11) is 4.60. The average molecular weight is 159 g/mol. The van der Waals surface area contributed by atoms with Gasteiger partial charge in [-0.05, 0) is 0 Å². The zero-order valence-corrected chi connectivity index (χ0v) is 6.78. The summed E-state index contributed by atoms with van der Waals surface area (Å²) in [4.78, 5) is 0. The Morgan fingerprint density at radius 2 is 1.55 bits per heavy atom. The molecule has 0 saturated carbocycles. The van der Waals surface area contributed by atoms with Crippen molar-refractivity contribution in [1.29, 1.82) is 0 Å². The highest BCUT2D eigenvalue weighted by Gasteiger charge is 2.29. The van der Waals surface area contributed by atoms with Gasteiger partial charge in [-0.2, -0.15) is 0 Å². The standard InChI is InChI=1S/C6H12BO4/c1-8-3-5-6(4-9-2)11-7-10-5/h5-6H,3-4H2,1-2H3/t5-,6-/m1/s1. The zero-order chi connectivity index (χ0) is 8.10. The van der Waals surface area contributed by atoms with Crippen LogP contribution in [0, 0.1) is 0 Å². The molecule has 1 radical (unpaired) electrons. The third kappa shape index (κ3) is 2.45. The molecule has 1 fully saturated rings. The van der Waals surface area contributed by atoms with Crippen LogP contribution in [0.3, 0.4) is 0 Å². The maximum atomic E-state index is 5.11. The van der Waals surface area contributed by atoms with Crippen LogP contribution in [0.2, 0.25) is 0 Å². The van der Waals surface area contributed by atoms with Gasteiger partial charge in [-0.15, -0.1) is 0 Å². The van der Waals surface area contributed by atoms with Crippen LogP contribution in [-0.2, 0) is 18.8 Å². The summed E-state index contributed by atoms with van der Waals surface area (Å²) in [6.07, 6.45) is -0.0556. The number of rotatable bonds is 4. The smallest absolute Gasteiger partial charge is 0.405 e. The van der Waals surface area contributed by atoms with Crippen LogP contribution in [-0.4, -0.2) is 47.3 Å². The maximum absolute atomic E-state index is 5.11. The SMILES string of the molecule is COC[C@H]1O[B]O[C@@H]1COC. The zero-order valence-electron chi connectivity index (χ0n) is 6.78. The summed E-state index contributed by atoms with van der Waals surface area (Å²) < 4.78 is 20.1. The van der Waals surface area contributed by atoms with Gasteiger partial charge >= 0.3 is 7.69 Å². The number of hydrogen-bond donors (Lipinski definition) is 0. The van der Waals surface area contributed by atoms with Crippen LogP contribution >= 0.6 is 0 Å². The van der Waals surface area contributed by atoms with E-state index in [4.69, 9.17) is 18.8 Å². The second kappa shape index (κ2) is 4.72. The van der Waals surface area contributed by atoms with Crippen molar-refractivity contribution < 1.29 is 18.8 Å². The van der Waals surface area contributed by atoms with Gasteiger partial charge in [0.15, 0.2) is 0 Å². The van der Waals surface area contributed by atoms with Gasteiger partial charge in [0.25, 0.3) is 0 Å². The molecule has 0 aromatic carbocycles. The molecular weight excluding hydrogens is 147 g/mol. The number of methoxy groups -OCH3 is 2. The second-order valence-corrected chi connectivity index (χ2v) is 2.36. The highest BCUT2D eigenvalue weighted by Crippen LogP contribution is 2.11. The molecule has 0 amide bonds. The fourth-order valence-electron chi connectivity index (χ4n) is 0.972. The Hall–Kier alpha value is -0.0951. The van der Waals surface area contributed by atoms with Crippen molar-refractivity contribution in [1.82, 2.24) is 0 Å². The Bertz CT molecular complexity index is 98.8. The third-order valence-corrected chi connectivity index (χ3v) is 1.54. The van der Waals surface area contributed by atoms with E-state index in [0.29, 0.717) is 13.2 Å². The van der Waals surface area contributed by atoms with Crippen LogP contribution in [0.25, 0.3) is 0 Å². The van der Waals surface area contributed by atoms with Crippen LogP contribution in [0.1, 0.15) is 0 Å². The second-order valence-electron chi connectivity index (χ2n) is 2.36. The molecule has 0 N–H and O–H groups in total. The Morgan fingerprint density at radius 1 is 1.09 bits per heavy atom. The minimum absolute atomic E-state index is 0.0278. The lowest BCUT2D eigenvalue weighted by molar-refractivity contribution is 0.0219. The highest BCUT2D eigenvalue weighted by molar-refractivity contribution is 6.19.